The first-order chi connectivity index (χ1) is 7.07. The van der Waals surface area contributed by atoms with Gasteiger partial charge in [-0.05, 0) is 32.6 Å². The maximum Gasteiger partial charge on any atom is 0.289 e. The van der Waals surface area contributed by atoms with E-state index in [1.807, 2.05) is 0 Å². The van der Waals surface area contributed by atoms with Crippen molar-refractivity contribution in [1.29, 1.82) is 0 Å². The van der Waals surface area contributed by atoms with Gasteiger partial charge in [-0.1, -0.05) is 0 Å². The first kappa shape index (κ1) is 16.4. The van der Waals surface area contributed by atoms with Crippen LogP contribution in [0.5, 0.6) is 0 Å². The maximum atomic E-state index is 12.0. The number of nitrogens with zero attached hydrogens (tertiary/aromatic N) is 2. The normalized spacial score (nSPS) is 17.1. The van der Waals surface area contributed by atoms with E-state index in [9.17, 15) is 13.3 Å². The molecule has 0 aliphatic rings. The van der Waals surface area contributed by atoms with Crippen molar-refractivity contribution in [3.63, 3.8) is 0 Å². The molecule has 0 amide bonds. The zero-order valence-electron chi connectivity index (χ0n) is 10.1. The SMILES string of the molecule is CCOP(O)(=S)N(C(C)C)S(=O)(=O)N(C)C. The summed E-state index contributed by atoms with van der Waals surface area (Å²) in [7, 11) is -1.02. The van der Waals surface area contributed by atoms with Crippen LogP contribution in [0.25, 0.3) is 0 Å². The highest BCUT2D eigenvalue weighted by molar-refractivity contribution is 8.12. The molecule has 0 fully saturated rings. The Balaban J connectivity index is 5.44. The summed E-state index contributed by atoms with van der Waals surface area (Å²) in [5, 5.41) is 0. The van der Waals surface area contributed by atoms with Gasteiger partial charge in [0.2, 0.25) is 0 Å². The van der Waals surface area contributed by atoms with Crippen LogP contribution >= 0.6 is 6.64 Å². The minimum Gasteiger partial charge on any atom is -0.333 e. The van der Waals surface area contributed by atoms with Gasteiger partial charge >= 0.3 is 0 Å². The lowest BCUT2D eigenvalue weighted by molar-refractivity contribution is 0.280. The minimum atomic E-state index is -3.78. The third kappa shape index (κ3) is 3.73. The minimum absolute atomic E-state index is 0.167. The van der Waals surface area contributed by atoms with Gasteiger partial charge in [-0.25, -0.2) is 0 Å². The molecule has 98 valence electrons. The molecule has 0 spiro atoms. The molecule has 0 radical (unpaired) electrons. The molecule has 1 atom stereocenters. The molecule has 0 aromatic carbocycles. The van der Waals surface area contributed by atoms with E-state index in [1.54, 1.807) is 20.8 Å². The topological polar surface area (TPSA) is 70.1 Å². The second-order valence-electron chi connectivity index (χ2n) is 3.56. The van der Waals surface area contributed by atoms with E-state index in [2.05, 4.69) is 0 Å². The summed E-state index contributed by atoms with van der Waals surface area (Å²) < 4.78 is 30.8. The smallest absolute Gasteiger partial charge is 0.289 e. The number of rotatable bonds is 6. The third-order valence-electron chi connectivity index (χ3n) is 1.69. The largest absolute Gasteiger partial charge is 0.333 e. The van der Waals surface area contributed by atoms with E-state index in [-0.39, 0.29) is 6.61 Å². The second-order valence-corrected chi connectivity index (χ2v) is 8.95. The van der Waals surface area contributed by atoms with Gasteiger partial charge in [-0.2, -0.15) is 12.7 Å². The molecule has 1 unspecified atom stereocenters. The first-order valence-electron chi connectivity index (χ1n) is 4.77. The summed E-state index contributed by atoms with van der Waals surface area (Å²) in [6.45, 7) is 1.59. The van der Waals surface area contributed by atoms with E-state index in [0.29, 0.717) is 0 Å². The summed E-state index contributed by atoms with van der Waals surface area (Å²) in [5.74, 6) is 0. The van der Waals surface area contributed by atoms with Crippen LogP contribution < -0.4 is 0 Å². The Morgan fingerprint density at radius 1 is 1.44 bits per heavy atom. The third-order valence-corrected chi connectivity index (χ3v) is 7.50. The van der Waals surface area contributed by atoms with Gasteiger partial charge < -0.3 is 9.42 Å². The van der Waals surface area contributed by atoms with E-state index in [4.69, 9.17) is 16.3 Å². The monoisotopic (exact) mass is 290 g/mol. The highest BCUT2D eigenvalue weighted by atomic mass is 32.5. The predicted molar refractivity (Wildman–Crippen MR) is 67.7 cm³/mol. The van der Waals surface area contributed by atoms with E-state index >= 15 is 0 Å². The molecule has 0 saturated heterocycles. The Kier molecular flexibility index (Phi) is 6.02. The van der Waals surface area contributed by atoms with Crippen LogP contribution in [0.1, 0.15) is 20.8 Å². The fourth-order valence-corrected chi connectivity index (χ4v) is 6.25. The van der Waals surface area contributed by atoms with Gasteiger partial charge in [-0.3, -0.25) is 0 Å². The molecule has 0 saturated carbocycles. The molecule has 9 heteroatoms. The van der Waals surface area contributed by atoms with Crippen LogP contribution in [0, 0.1) is 0 Å². The summed E-state index contributed by atoms with van der Waals surface area (Å²) in [6, 6.07) is -0.463. The van der Waals surface area contributed by atoms with Crippen molar-refractivity contribution in [1.82, 2.24) is 8.38 Å². The molecule has 0 rings (SSSR count). The highest BCUT2D eigenvalue weighted by Gasteiger charge is 2.39. The van der Waals surface area contributed by atoms with Gasteiger partial charge in [0, 0.05) is 20.1 Å². The summed E-state index contributed by atoms with van der Waals surface area (Å²) in [6.07, 6.45) is 0. The molecule has 0 aliphatic heterocycles. The van der Waals surface area contributed by atoms with Gasteiger partial charge in [0.1, 0.15) is 0 Å². The van der Waals surface area contributed by atoms with Crippen molar-refractivity contribution in [2.45, 2.75) is 26.8 Å². The van der Waals surface area contributed by atoms with Gasteiger partial charge in [0.25, 0.3) is 16.9 Å². The Hall–Kier alpha value is 0.440. The lowest BCUT2D eigenvalue weighted by atomic mass is 10.4. The fourth-order valence-electron chi connectivity index (χ4n) is 1.08. The first-order valence-corrected chi connectivity index (χ1v) is 8.79. The number of hydrogen-bond acceptors (Lipinski definition) is 4. The zero-order valence-corrected chi connectivity index (χ0v) is 12.6. The molecule has 0 heterocycles. The van der Waals surface area contributed by atoms with Crippen molar-refractivity contribution < 1.29 is 17.8 Å². The van der Waals surface area contributed by atoms with Gasteiger partial charge in [0.15, 0.2) is 0 Å². The predicted octanol–water partition coefficient (Wildman–Crippen LogP) is 0.756. The lowest BCUT2D eigenvalue weighted by Crippen LogP contribution is -2.42. The molecule has 1 N–H and O–H groups in total. The molecule has 0 bridgehead atoms. The quantitative estimate of drug-likeness (QED) is 0.731. The van der Waals surface area contributed by atoms with Crippen LogP contribution in [-0.4, -0.2) is 48.4 Å². The van der Waals surface area contributed by atoms with Gasteiger partial charge in [-0.15, -0.1) is 4.08 Å². The second kappa shape index (κ2) is 5.86. The van der Waals surface area contributed by atoms with E-state index < -0.39 is 22.9 Å². The van der Waals surface area contributed by atoms with Crippen molar-refractivity contribution in [2.75, 3.05) is 20.7 Å². The average molecular weight is 290 g/mol. The van der Waals surface area contributed by atoms with Crippen LogP contribution in [0.4, 0.5) is 0 Å². The van der Waals surface area contributed by atoms with Crippen molar-refractivity contribution in [3.8, 4) is 0 Å². The van der Waals surface area contributed by atoms with Gasteiger partial charge in [0.05, 0.1) is 6.61 Å². The van der Waals surface area contributed by atoms with Crippen LogP contribution in [-0.2, 0) is 26.5 Å². The Morgan fingerprint density at radius 3 is 2.12 bits per heavy atom. The molecular formula is C7H19N2O4PS2. The summed E-state index contributed by atoms with van der Waals surface area (Å²) >= 11 is 4.87. The van der Waals surface area contributed by atoms with Crippen molar-refractivity contribution >= 4 is 28.7 Å². The highest BCUT2D eigenvalue weighted by Crippen LogP contribution is 2.50. The Morgan fingerprint density at radius 2 is 1.88 bits per heavy atom. The summed E-state index contributed by atoms with van der Waals surface area (Å²) in [5.41, 5.74) is 0. The Bertz CT molecular complexity index is 369. The van der Waals surface area contributed by atoms with Crippen molar-refractivity contribution in [2.24, 2.45) is 0 Å². The van der Waals surface area contributed by atoms with E-state index in [1.165, 1.54) is 14.1 Å². The zero-order chi connectivity index (χ0) is 13.1. The molecule has 0 aromatic heterocycles. The average Bonchev–Trinajstić information content (AvgIpc) is 2.00. The summed E-state index contributed by atoms with van der Waals surface area (Å²) in [4.78, 5) is 9.95. The molecular weight excluding hydrogens is 271 g/mol. The Labute approximate surface area is 103 Å². The van der Waals surface area contributed by atoms with Crippen molar-refractivity contribution in [3.05, 3.63) is 0 Å². The maximum absolute atomic E-state index is 12.0. The fraction of sp³-hybridized carbons (Fsp3) is 1.00. The molecule has 0 aliphatic carbocycles. The standard InChI is InChI=1S/C7H19N2O4PS2/c1-6-13-14(10,15)9(7(2)3)16(11,12)8(4)5/h7H,6H2,1-5H3,(H,10,15). The van der Waals surface area contributed by atoms with Crippen LogP contribution in [0.2, 0.25) is 0 Å². The van der Waals surface area contributed by atoms with Crippen LogP contribution in [0.15, 0.2) is 0 Å². The van der Waals surface area contributed by atoms with E-state index in [0.717, 1.165) is 8.38 Å². The number of hydrogen-bond donors (Lipinski definition) is 1. The lowest BCUT2D eigenvalue weighted by Gasteiger charge is -2.33. The molecule has 0 aromatic rings. The van der Waals surface area contributed by atoms with Crippen LogP contribution in [0.3, 0.4) is 0 Å². The molecule has 6 nitrogen and oxygen atoms in total. The molecule has 16 heavy (non-hydrogen) atoms.